The molecule has 0 saturated carbocycles. The van der Waals surface area contributed by atoms with Gasteiger partial charge in [-0.25, -0.2) is 0 Å². The van der Waals surface area contributed by atoms with Crippen molar-refractivity contribution in [2.24, 2.45) is 0 Å². The summed E-state index contributed by atoms with van der Waals surface area (Å²) in [6.45, 7) is 0. The van der Waals surface area contributed by atoms with Crippen LogP contribution in [0.25, 0.3) is 154 Å². The topological polar surface area (TPSA) is 26.3 Å². The third-order valence-corrected chi connectivity index (χ3v) is 15.5. The fourth-order valence-electron chi connectivity index (χ4n) is 11.7. The second-order valence-electron chi connectivity index (χ2n) is 19.9. The molecule has 2 aromatic heterocycles. The molecule has 0 saturated heterocycles. The summed E-state index contributed by atoms with van der Waals surface area (Å²) in [5.41, 5.74) is 21.6. The minimum absolute atomic E-state index is 0.836. The van der Waals surface area contributed by atoms with E-state index in [4.69, 9.17) is 8.83 Å². The molecule has 15 rings (SSSR count). The van der Waals surface area contributed by atoms with Crippen LogP contribution in [0.2, 0.25) is 0 Å². The molecule has 0 aliphatic rings. The lowest BCUT2D eigenvalue weighted by molar-refractivity contribution is 0.662. The molecule has 2 nitrogen and oxygen atoms in total. The van der Waals surface area contributed by atoms with Crippen LogP contribution in [-0.2, 0) is 0 Å². The van der Waals surface area contributed by atoms with Gasteiger partial charge in [0.25, 0.3) is 0 Å². The van der Waals surface area contributed by atoms with Crippen molar-refractivity contribution in [3.63, 3.8) is 0 Å². The molecule has 354 valence electrons. The fourth-order valence-corrected chi connectivity index (χ4v) is 11.7. The van der Waals surface area contributed by atoms with E-state index in [9.17, 15) is 0 Å². The Hall–Kier alpha value is -10.0. The molecule has 0 radical (unpaired) electrons. The van der Waals surface area contributed by atoms with Gasteiger partial charge in [-0.2, -0.15) is 0 Å². The van der Waals surface area contributed by atoms with Crippen molar-refractivity contribution in [2.75, 3.05) is 0 Å². The van der Waals surface area contributed by atoms with E-state index in [-0.39, 0.29) is 0 Å². The Balaban J connectivity index is 1.00. The number of fused-ring (bicyclic) bond motifs is 6. The van der Waals surface area contributed by atoms with Crippen LogP contribution in [0.1, 0.15) is 0 Å². The molecule has 15 aromatic rings. The van der Waals surface area contributed by atoms with E-state index in [1.165, 1.54) is 44.5 Å². The second-order valence-corrected chi connectivity index (χ2v) is 19.9. The first kappa shape index (κ1) is 43.6. The van der Waals surface area contributed by atoms with Crippen LogP contribution in [0.4, 0.5) is 0 Å². The SMILES string of the molecule is c1ccc(-c2ccc(-c3cc(-c4ccc(-c5ccccc5)cc4)c4oc5cccc6c5c(c4c3)c3cccc4oc5c(-c7ccc(-c8ccccc8)cc7)cc(-c7ccc(-c8ccccc8)cc7)cc5c6c43)cc2)cc1. The first-order valence-corrected chi connectivity index (χ1v) is 26.0. The van der Waals surface area contributed by atoms with Crippen molar-refractivity contribution in [1.29, 1.82) is 0 Å². The van der Waals surface area contributed by atoms with Crippen molar-refractivity contribution in [3.05, 3.63) is 279 Å². The van der Waals surface area contributed by atoms with Gasteiger partial charge in [-0.15, -0.1) is 0 Å². The Morgan fingerprint density at radius 2 is 0.434 bits per heavy atom. The van der Waals surface area contributed by atoms with E-state index < -0.39 is 0 Å². The lowest BCUT2D eigenvalue weighted by Gasteiger charge is -2.20. The zero-order valence-electron chi connectivity index (χ0n) is 41.4. The van der Waals surface area contributed by atoms with Gasteiger partial charge in [0.1, 0.15) is 22.3 Å². The third kappa shape index (κ3) is 7.34. The van der Waals surface area contributed by atoms with Gasteiger partial charge < -0.3 is 8.83 Å². The van der Waals surface area contributed by atoms with Gasteiger partial charge in [0, 0.05) is 43.4 Å². The average Bonchev–Trinajstić information content (AvgIpc) is 3.56. The summed E-state index contributed by atoms with van der Waals surface area (Å²) in [4.78, 5) is 0. The molecule has 0 aliphatic carbocycles. The van der Waals surface area contributed by atoms with Crippen LogP contribution in [0, 0.1) is 0 Å². The Bertz CT molecular complexity index is 4350. The Labute approximate surface area is 440 Å². The highest BCUT2D eigenvalue weighted by Gasteiger charge is 2.24. The summed E-state index contributed by atoms with van der Waals surface area (Å²) in [6.07, 6.45) is 0. The smallest absolute Gasteiger partial charge is 0.143 e. The third-order valence-electron chi connectivity index (χ3n) is 15.5. The Morgan fingerprint density at radius 1 is 0.171 bits per heavy atom. The second kappa shape index (κ2) is 17.9. The molecule has 2 heteroatoms. The Kier molecular flexibility index (Phi) is 10.2. The normalized spacial score (nSPS) is 11.7. The van der Waals surface area contributed by atoms with Gasteiger partial charge in [-0.3, -0.25) is 0 Å². The van der Waals surface area contributed by atoms with Crippen LogP contribution in [0.5, 0.6) is 0 Å². The maximum Gasteiger partial charge on any atom is 0.143 e. The predicted molar refractivity (Wildman–Crippen MR) is 319 cm³/mol. The van der Waals surface area contributed by atoms with E-state index in [0.717, 1.165) is 110 Å². The fraction of sp³-hybridized carbons (Fsp3) is 0. The summed E-state index contributed by atoms with van der Waals surface area (Å²) >= 11 is 0. The molecule has 0 N–H and O–H groups in total. The summed E-state index contributed by atoms with van der Waals surface area (Å²) < 4.78 is 14.7. The molecule has 0 amide bonds. The molecule has 0 aliphatic heterocycles. The molecule has 0 bridgehead atoms. The molecular weight excluding hydrogens is 921 g/mol. The highest BCUT2D eigenvalue weighted by Crippen LogP contribution is 2.50. The monoisotopic (exact) mass is 966 g/mol. The predicted octanol–water partition coefficient (Wildman–Crippen LogP) is 21.1. The number of benzene rings is 13. The van der Waals surface area contributed by atoms with E-state index in [2.05, 4.69) is 279 Å². The van der Waals surface area contributed by atoms with Gasteiger partial charge >= 0.3 is 0 Å². The van der Waals surface area contributed by atoms with E-state index >= 15 is 0 Å². The largest absolute Gasteiger partial charge is 0.455 e. The van der Waals surface area contributed by atoms with Gasteiger partial charge in [0.15, 0.2) is 0 Å². The van der Waals surface area contributed by atoms with Crippen molar-refractivity contribution < 1.29 is 8.83 Å². The summed E-state index contributed by atoms with van der Waals surface area (Å²) in [6, 6.07) is 101. The van der Waals surface area contributed by atoms with Crippen LogP contribution < -0.4 is 0 Å². The summed E-state index contributed by atoms with van der Waals surface area (Å²) in [7, 11) is 0. The van der Waals surface area contributed by atoms with E-state index in [0.29, 0.717) is 0 Å². The number of hydrogen-bond donors (Lipinski definition) is 0. The van der Waals surface area contributed by atoms with Gasteiger partial charge in [0.05, 0.1) is 0 Å². The van der Waals surface area contributed by atoms with Crippen LogP contribution in [-0.4, -0.2) is 0 Å². The molecular formula is C74H46O2. The standard InChI is InChI=1S/C74H46O2/c1-5-15-47(16-6-1)51-27-31-55(32-28-51)59-43-63(57-39-35-53(36-40-57)49-19-9-3-10-20-49)73-65(45-59)69-61-23-13-26-68-72(61)70(62-24-14-25-67(75-73)71(62)69)66-46-60(56-33-29-52(30-34-56)48-17-7-2-8-18-48)44-64(74(66)76-68)58-41-37-54(38-42-58)50-21-11-4-12-22-50/h1-46H. The van der Waals surface area contributed by atoms with Crippen molar-refractivity contribution in [2.45, 2.75) is 0 Å². The van der Waals surface area contributed by atoms with E-state index in [1.54, 1.807) is 0 Å². The average molecular weight is 967 g/mol. The first-order valence-electron chi connectivity index (χ1n) is 26.0. The quantitative estimate of drug-likeness (QED) is 0.112. The molecule has 0 unspecified atom stereocenters. The van der Waals surface area contributed by atoms with E-state index in [1.807, 2.05) is 0 Å². The zero-order valence-corrected chi connectivity index (χ0v) is 41.4. The highest BCUT2D eigenvalue weighted by atomic mass is 16.3. The van der Waals surface area contributed by atoms with Crippen LogP contribution in [0.15, 0.2) is 288 Å². The molecule has 2 heterocycles. The van der Waals surface area contributed by atoms with Gasteiger partial charge in [-0.05, 0) is 125 Å². The van der Waals surface area contributed by atoms with Crippen molar-refractivity contribution in [3.8, 4) is 89.0 Å². The highest BCUT2D eigenvalue weighted by molar-refractivity contribution is 6.40. The van der Waals surface area contributed by atoms with Crippen molar-refractivity contribution >= 4 is 65.4 Å². The molecule has 0 spiro atoms. The molecule has 0 atom stereocenters. The van der Waals surface area contributed by atoms with Crippen LogP contribution >= 0.6 is 0 Å². The maximum atomic E-state index is 7.35. The number of hydrogen-bond acceptors (Lipinski definition) is 2. The maximum absolute atomic E-state index is 7.35. The molecule has 76 heavy (non-hydrogen) atoms. The lowest BCUT2D eigenvalue weighted by atomic mass is 9.86. The summed E-state index contributed by atoms with van der Waals surface area (Å²) in [5.74, 6) is 0. The molecule has 0 fully saturated rings. The van der Waals surface area contributed by atoms with Gasteiger partial charge in [0.2, 0.25) is 0 Å². The molecule has 13 aromatic carbocycles. The summed E-state index contributed by atoms with van der Waals surface area (Å²) in [5, 5.41) is 8.83. The minimum atomic E-state index is 0.836. The number of rotatable bonds is 8. The Morgan fingerprint density at radius 3 is 0.737 bits per heavy atom. The van der Waals surface area contributed by atoms with Crippen LogP contribution in [0.3, 0.4) is 0 Å². The minimum Gasteiger partial charge on any atom is -0.455 e. The lowest BCUT2D eigenvalue weighted by Crippen LogP contribution is -1.94. The van der Waals surface area contributed by atoms with Gasteiger partial charge in [-0.1, -0.05) is 243 Å². The zero-order chi connectivity index (χ0) is 50.1. The first-order chi connectivity index (χ1) is 37.7. The van der Waals surface area contributed by atoms with Crippen molar-refractivity contribution in [1.82, 2.24) is 0 Å².